The number of thiophene rings is 1. The number of amides is 2. The summed E-state index contributed by atoms with van der Waals surface area (Å²) < 4.78 is 2.00. The van der Waals surface area contributed by atoms with Crippen molar-refractivity contribution in [1.29, 1.82) is 0 Å². The van der Waals surface area contributed by atoms with Crippen molar-refractivity contribution in [2.45, 2.75) is 38.9 Å². The number of aryl methyl sites for hydroxylation is 1. The Bertz CT molecular complexity index is 1310. The third-order valence-corrected chi connectivity index (χ3v) is 7.20. The van der Waals surface area contributed by atoms with Crippen LogP contribution in [0.25, 0.3) is 10.2 Å². The molecule has 32 heavy (non-hydrogen) atoms. The number of carbonyl (C=O) groups is 2. The summed E-state index contributed by atoms with van der Waals surface area (Å²) in [6.07, 6.45) is 0.860. The number of nitrogens with zero attached hydrogens (tertiary/aromatic N) is 2. The Morgan fingerprint density at radius 2 is 1.84 bits per heavy atom. The molecule has 0 bridgehead atoms. The fourth-order valence-corrected chi connectivity index (χ4v) is 5.38. The first-order valence-corrected chi connectivity index (χ1v) is 11.7. The van der Waals surface area contributed by atoms with Crippen LogP contribution in [0, 0.1) is 0 Å². The van der Waals surface area contributed by atoms with Gasteiger partial charge in [0.15, 0.2) is 0 Å². The maximum atomic E-state index is 13.8. The molecule has 5 nitrogen and oxygen atoms in total. The van der Waals surface area contributed by atoms with E-state index in [9.17, 15) is 9.59 Å². The fourth-order valence-electron chi connectivity index (χ4n) is 4.49. The molecular formula is C26H25N3O2S. The topological polar surface area (TPSA) is 54.3 Å². The number of benzene rings is 2. The van der Waals surface area contributed by atoms with Gasteiger partial charge in [0.1, 0.15) is 16.1 Å². The van der Waals surface area contributed by atoms with E-state index >= 15 is 0 Å². The zero-order valence-corrected chi connectivity index (χ0v) is 19.0. The van der Waals surface area contributed by atoms with Gasteiger partial charge in [0.2, 0.25) is 5.91 Å². The highest BCUT2D eigenvalue weighted by atomic mass is 32.1. The van der Waals surface area contributed by atoms with E-state index in [4.69, 9.17) is 0 Å². The maximum Gasteiger partial charge on any atom is 0.275 e. The molecule has 2 aromatic carbocycles. The van der Waals surface area contributed by atoms with Crippen molar-refractivity contribution < 1.29 is 9.59 Å². The predicted molar refractivity (Wildman–Crippen MR) is 129 cm³/mol. The summed E-state index contributed by atoms with van der Waals surface area (Å²) in [5.74, 6) is -0.314. The monoisotopic (exact) mass is 443 g/mol. The van der Waals surface area contributed by atoms with Crippen molar-refractivity contribution in [1.82, 2.24) is 9.88 Å². The summed E-state index contributed by atoms with van der Waals surface area (Å²) in [5, 5.41) is 6.14. The van der Waals surface area contributed by atoms with Crippen LogP contribution in [0.4, 0.5) is 5.69 Å². The second-order valence-electron chi connectivity index (χ2n) is 8.40. The zero-order valence-electron chi connectivity index (χ0n) is 18.2. The first kappa shape index (κ1) is 20.5. The largest absolute Gasteiger partial charge is 0.350 e. The van der Waals surface area contributed by atoms with E-state index < -0.39 is 5.54 Å². The number of fused-ring (bicyclic) bond motifs is 3. The third kappa shape index (κ3) is 3.31. The highest BCUT2D eigenvalue weighted by molar-refractivity contribution is 7.16. The van der Waals surface area contributed by atoms with Crippen LogP contribution >= 0.6 is 11.3 Å². The van der Waals surface area contributed by atoms with Gasteiger partial charge in [-0.1, -0.05) is 49.4 Å². The van der Waals surface area contributed by atoms with Gasteiger partial charge in [-0.25, -0.2) is 0 Å². The average Bonchev–Trinajstić information content (AvgIpc) is 3.41. The number of hydrogen-bond acceptors (Lipinski definition) is 3. The van der Waals surface area contributed by atoms with Crippen molar-refractivity contribution in [2.75, 3.05) is 4.90 Å². The molecule has 3 heterocycles. The summed E-state index contributed by atoms with van der Waals surface area (Å²) in [5.41, 5.74) is 2.46. The fraction of sp³-hybridized carbons (Fsp3) is 0.231. The van der Waals surface area contributed by atoms with Crippen molar-refractivity contribution in [3.05, 3.63) is 88.9 Å². The number of anilines is 1. The molecule has 0 fully saturated rings. The van der Waals surface area contributed by atoms with Gasteiger partial charge in [-0.05, 0) is 54.1 Å². The Kier molecular flexibility index (Phi) is 5.10. The molecule has 1 aliphatic rings. The molecule has 0 saturated heterocycles. The van der Waals surface area contributed by atoms with Crippen LogP contribution in [0.1, 0.15) is 35.5 Å². The van der Waals surface area contributed by atoms with Crippen LogP contribution in [0.15, 0.2) is 72.1 Å². The van der Waals surface area contributed by atoms with Crippen LogP contribution in [0.3, 0.4) is 0 Å². The highest BCUT2D eigenvalue weighted by Crippen LogP contribution is 2.37. The van der Waals surface area contributed by atoms with Gasteiger partial charge < -0.3 is 9.88 Å². The second kappa shape index (κ2) is 7.95. The second-order valence-corrected chi connectivity index (χ2v) is 9.30. The maximum absolute atomic E-state index is 13.8. The lowest BCUT2D eigenvalue weighted by molar-refractivity contribution is -0.126. The van der Waals surface area contributed by atoms with Crippen LogP contribution in [-0.4, -0.2) is 21.9 Å². The standard InChI is InChI=1S/C26H25N3O2S/c1-3-18-10-7-11-21(14-18)29-23(30)22-15-20-12-13-32-24(20)28(22)17-26(29,2)25(31)27-16-19-8-5-4-6-9-19/h4-15H,3,16-17H2,1-2H3,(H,27,31). The lowest BCUT2D eigenvalue weighted by atomic mass is 9.93. The van der Waals surface area contributed by atoms with Crippen LogP contribution in [0.5, 0.6) is 0 Å². The molecule has 1 atom stereocenters. The Balaban J connectivity index is 1.58. The third-order valence-electron chi connectivity index (χ3n) is 6.25. The van der Waals surface area contributed by atoms with Crippen LogP contribution in [-0.2, 0) is 24.3 Å². The van der Waals surface area contributed by atoms with E-state index in [2.05, 4.69) is 12.2 Å². The molecule has 5 rings (SSSR count). The van der Waals surface area contributed by atoms with E-state index in [0.717, 1.165) is 33.5 Å². The average molecular weight is 444 g/mol. The summed E-state index contributed by atoms with van der Waals surface area (Å²) in [6.45, 7) is 4.77. The lowest BCUT2D eigenvalue weighted by Crippen LogP contribution is -2.64. The van der Waals surface area contributed by atoms with Crippen molar-refractivity contribution in [2.24, 2.45) is 0 Å². The predicted octanol–water partition coefficient (Wildman–Crippen LogP) is 5.00. The quantitative estimate of drug-likeness (QED) is 0.472. The number of rotatable bonds is 5. The highest BCUT2D eigenvalue weighted by Gasteiger charge is 2.48. The first-order chi connectivity index (χ1) is 15.5. The van der Waals surface area contributed by atoms with Crippen molar-refractivity contribution in [3.63, 3.8) is 0 Å². The molecule has 0 aliphatic carbocycles. The van der Waals surface area contributed by atoms with Crippen LogP contribution in [0.2, 0.25) is 0 Å². The first-order valence-electron chi connectivity index (χ1n) is 10.8. The number of carbonyl (C=O) groups excluding carboxylic acids is 2. The summed E-state index contributed by atoms with van der Waals surface area (Å²) in [4.78, 5) is 30.2. The van der Waals surface area contributed by atoms with Gasteiger partial charge in [0.25, 0.3) is 5.91 Å². The molecule has 2 amide bonds. The van der Waals surface area contributed by atoms with Gasteiger partial charge in [-0.3, -0.25) is 14.5 Å². The van der Waals surface area contributed by atoms with Gasteiger partial charge >= 0.3 is 0 Å². The van der Waals surface area contributed by atoms with E-state index in [1.807, 2.05) is 83.6 Å². The molecule has 1 N–H and O–H groups in total. The van der Waals surface area contributed by atoms with Crippen LogP contribution < -0.4 is 10.2 Å². The Morgan fingerprint density at radius 3 is 2.62 bits per heavy atom. The van der Waals surface area contributed by atoms with Gasteiger partial charge in [-0.15, -0.1) is 11.3 Å². The van der Waals surface area contributed by atoms with Crippen molar-refractivity contribution >= 4 is 39.1 Å². The van der Waals surface area contributed by atoms with Gasteiger partial charge in [0, 0.05) is 17.6 Å². The number of hydrogen-bond donors (Lipinski definition) is 1. The van der Waals surface area contributed by atoms with Gasteiger partial charge in [-0.2, -0.15) is 0 Å². The molecule has 1 unspecified atom stereocenters. The SMILES string of the molecule is CCc1cccc(N2C(=O)c3cc4ccsc4n3CC2(C)C(=O)NCc2ccccc2)c1. The van der Waals surface area contributed by atoms with Gasteiger partial charge in [0.05, 0.1) is 6.54 Å². The molecule has 0 spiro atoms. The van der Waals surface area contributed by atoms with E-state index in [1.165, 1.54) is 0 Å². The normalized spacial score (nSPS) is 18.1. The minimum atomic E-state index is -1.07. The van der Waals surface area contributed by atoms with E-state index in [1.54, 1.807) is 16.2 Å². The summed E-state index contributed by atoms with van der Waals surface area (Å²) >= 11 is 1.60. The Hall–Kier alpha value is -3.38. The Labute approximate surface area is 191 Å². The molecule has 162 valence electrons. The molecule has 6 heteroatoms. The summed E-state index contributed by atoms with van der Waals surface area (Å²) in [6, 6.07) is 21.7. The molecule has 1 aliphatic heterocycles. The number of aromatic nitrogens is 1. The summed E-state index contributed by atoms with van der Waals surface area (Å²) in [7, 11) is 0. The van der Waals surface area contributed by atoms with E-state index in [0.29, 0.717) is 18.8 Å². The molecule has 2 aromatic heterocycles. The lowest BCUT2D eigenvalue weighted by Gasteiger charge is -2.44. The molecule has 4 aromatic rings. The van der Waals surface area contributed by atoms with E-state index in [-0.39, 0.29) is 11.8 Å². The Morgan fingerprint density at radius 1 is 1.06 bits per heavy atom. The minimum Gasteiger partial charge on any atom is -0.350 e. The van der Waals surface area contributed by atoms with Crippen molar-refractivity contribution in [3.8, 4) is 0 Å². The minimum absolute atomic E-state index is 0.148. The zero-order chi connectivity index (χ0) is 22.3. The molecule has 0 saturated carbocycles. The smallest absolute Gasteiger partial charge is 0.275 e. The number of nitrogens with one attached hydrogen (secondary N) is 1. The molecular weight excluding hydrogens is 418 g/mol. The molecule has 0 radical (unpaired) electrons.